The predicted molar refractivity (Wildman–Crippen MR) is 57.3 cm³/mol. The Labute approximate surface area is 89.1 Å². The van der Waals surface area contributed by atoms with Crippen molar-refractivity contribution in [2.45, 2.75) is 18.5 Å². The Morgan fingerprint density at radius 1 is 1.27 bits per heavy atom. The van der Waals surface area contributed by atoms with E-state index in [2.05, 4.69) is 34.5 Å². The van der Waals surface area contributed by atoms with E-state index >= 15 is 0 Å². The molecule has 1 N–H and O–H groups in total. The fourth-order valence-corrected chi connectivity index (χ4v) is 2.66. The van der Waals surface area contributed by atoms with Crippen LogP contribution in [0, 0.1) is 0 Å². The third kappa shape index (κ3) is 1.53. The van der Waals surface area contributed by atoms with Crippen LogP contribution in [0.1, 0.15) is 18.0 Å². The number of carbonyl (C=O) groups excluding carboxylic acids is 1. The van der Waals surface area contributed by atoms with E-state index in [4.69, 9.17) is 0 Å². The molecule has 1 aromatic carbocycles. The summed E-state index contributed by atoms with van der Waals surface area (Å²) >= 11 is 0. The van der Waals surface area contributed by atoms with E-state index < -0.39 is 0 Å². The standard InChI is InChI=1S/C12H14N2O/c15-12-8-14-7-10(13-12)6-11(14)9-4-2-1-3-5-9/h1-5,10-11H,6-8H2,(H,13,15)/t10-,11+/m0/s1. The van der Waals surface area contributed by atoms with Crippen molar-refractivity contribution in [3.8, 4) is 0 Å². The first-order chi connectivity index (χ1) is 7.33. The summed E-state index contributed by atoms with van der Waals surface area (Å²) in [5, 5.41) is 3.03. The lowest BCUT2D eigenvalue weighted by molar-refractivity contribution is -0.124. The summed E-state index contributed by atoms with van der Waals surface area (Å²) in [6.07, 6.45) is 1.05. The number of carbonyl (C=O) groups is 1. The second-order valence-corrected chi connectivity index (χ2v) is 4.36. The van der Waals surface area contributed by atoms with E-state index in [1.165, 1.54) is 5.56 Å². The zero-order chi connectivity index (χ0) is 10.3. The quantitative estimate of drug-likeness (QED) is 0.734. The lowest BCUT2D eigenvalue weighted by Gasteiger charge is -2.26. The van der Waals surface area contributed by atoms with Crippen molar-refractivity contribution in [2.24, 2.45) is 0 Å². The van der Waals surface area contributed by atoms with Crippen molar-refractivity contribution in [2.75, 3.05) is 13.1 Å². The van der Waals surface area contributed by atoms with Crippen molar-refractivity contribution >= 4 is 5.91 Å². The van der Waals surface area contributed by atoms with Crippen molar-refractivity contribution in [1.29, 1.82) is 0 Å². The molecule has 3 nitrogen and oxygen atoms in total. The summed E-state index contributed by atoms with van der Waals surface area (Å²) in [7, 11) is 0. The predicted octanol–water partition coefficient (Wildman–Crippen LogP) is 0.932. The SMILES string of the molecule is O=C1CN2C[C@H](C[C@@H]2c2ccccc2)N1. The van der Waals surface area contributed by atoms with Crippen LogP contribution < -0.4 is 5.32 Å². The first kappa shape index (κ1) is 8.92. The minimum atomic E-state index is 0.171. The van der Waals surface area contributed by atoms with Crippen LogP contribution in [0.4, 0.5) is 0 Å². The van der Waals surface area contributed by atoms with Gasteiger partial charge in [0.15, 0.2) is 0 Å². The number of benzene rings is 1. The highest BCUT2D eigenvalue weighted by Crippen LogP contribution is 2.33. The van der Waals surface area contributed by atoms with E-state index in [-0.39, 0.29) is 5.91 Å². The summed E-state index contributed by atoms with van der Waals surface area (Å²) in [5.74, 6) is 0.171. The van der Waals surface area contributed by atoms with Gasteiger partial charge in [-0.15, -0.1) is 0 Å². The maximum absolute atomic E-state index is 11.3. The van der Waals surface area contributed by atoms with Crippen LogP contribution in [-0.2, 0) is 4.79 Å². The molecule has 3 rings (SSSR count). The highest BCUT2D eigenvalue weighted by Gasteiger charge is 2.38. The second-order valence-electron chi connectivity index (χ2n) is 4.36. The van der Waals surface area contributed by atoms with E-state index in [0.29, 0.717) is 18.6 Å². The van der Waals surface area contributed by atoms with Gasteiger partial charge in [0.05, 0.1) is 6.54 Å². The molecule has 1 aromatic rings. The third-order valence-electron chi connectivity index (χ3n) is 3.30. The van der Waals surface area contributed by atoms with Crippen molar-refractivity contribution in [3.05, 3.63) is 35.9 Å². The Morgan fingerprint density at radius 2 is 2.07 bits per heavy atom. The van der Waals surface area contributed by atoms with Gasteiger partial charge in [-0.3, -0.25) is 9.69 Å². The molecule has 0 aromatic heterocycles. The maximum Gasteiger partial charge on any atom is 0.234 e. The monoisotopic (exact) mass is 202 g/mol. The van der Waals surface area contributed by atoms with Gasteiger partial charge in [0, 0.05) is 18.6 Å². The van der Waals surface area contributed by atoms with Gasteiger partial charge in [-0.25, -0.2) is 0 Å². The molecule has 2 aliphatic heterocycles. The molecular formula is C12H14N2O. The average molecular weight is 202 g/mol. The Hall–Kier alpha value is -1.35. The largest absolute Gasteiger partial charge is 0.351 e. The molecule has 2 bridgehead atoms. The molecular weight excluding hydrogens is 188 g/mol. The van der Waals surface area contributed by atoms with Gasteiger partial charge in [0.1, 0.15) is 0 Å². The second kappa shape index (κ2) is 3.35. The van der Waals surface area contributed by atoms with Gasteiger partial charge in [-0.05, 0) is 12.0 Å². The molecule has 0 radical (unpaired) electrons. The fraction of sp³-hybridized carbons (Fsp3) is 0.417. The number of amides is 1. The fourth-order valence-electron chi connectivity index (χ4n) is 2.66. The summed E-state index contributed by atoms with van der Waals surface area (Å²) < 4.78 is 0. The van der Waals surface area contributed by atoms with Crippen molar-refractivity contribution in [3.63, 3.8) is 0 Å². The van der Waals surface area contributed by atoms with E-state index in [9.17, 15) is 4.79 Å². The molecule has 0 aliphatic carbocycles. The number of hydrogen-bond acceptors (Lipinski definition) is 2. The molecule has 3 heteroatoms. The van der Waals surface area contributed by atoms with Crippen LogP contribution in [0.2, 0.25) is 0 Å². The smallest absolute Gasteiger partial charge is 0.234 e. The number of nitrogens with zero attached hydrogens (tertiary/aromatic N) is 1. The first-order valence-corrected chi connectivity index (χ1v) is 5.41. The number of fused-ring (bicyclic) bond motifs is 2. The topological polar surface area (TPSA) is 32.3 Å². The van der Waals surface area contributed by atoms with Gasteiger partial charge in [-0.2, -0.15) is 0 Å². The molecule has 2 saturated heterocycles. The van der Waals surface area contributed by atoms with Crippen LogP contribution in [0.5, 0.6) is 0 Å². The van der Waals surface area contributed by atoms with Crippen LogP contribution in [0.3, 0.4) is 0 Å². The van der Waals surface area contributed by atoms with Crippen LogP contribution in [-0.4, -0.2) is 29.9 Å². The van der Waals surface area contributed by atoms with Crippen LogP contribution >= 0.6 is 0 Å². The van der Waals surface area contributed by atoms with Crippen LogP contribution in [0.15, 0.2) is 30.3 Å². The van der Waals surface area contributed by atoms with Gasteiger partial charge in [-0.1, -0.05) is 30.3 Å². The lowest BCUT2D eigenvalue weighted by Crippen LogP contribution is -2.47. The number of rotatable bonds is 1. The number of hydrogen-bond donors (Lipinski definition) is 1. The van der Waals surface area contributed by atoms with Gasteiger partial charge < -0.3 is 5.32 Å². The molecule has 0 spiro atoms. The molecule has 2 heterocycles. The molecule has 0 saturated carbocycles. The molecule has 15 heavy (non-hydrogen) atoms. The minimum Gasteiger partial charge on any atom is -0.351 e. The average Bonchev–Trinajstić information content (AvgIpc) is 2.55. The van der Waals surface area contributed by atoms with Gasteiger partial charge in [0.2, 0.25) is 5.91 Å². The molecule has 2 fully saturated rings. The Bertz CT molecular complexity index is 376. The number of nitrogens with one attached hydrogen (secondary N) is 1. The summed E-state index contributed by atoms with van der Waals surface area (Å²) in [5.41, 5.74) is 1.33. The molecule has 3 atom stereocenters. The van der Waals surface area contributed by atoms with Gasteiger partial charge in [0.25, 0.3) is 0 Å². The van der Waals surface area contributed by atoms with Gasteiger partial charge >= 0.3 is 0 Å². The first-order valence-electron chi connectivity index (χ1n) is 5.41. The summed E-state index contributed by atoms with van der Waals surface area (Å²) in [6, 6.07) is 11.2. The molecule has 1 unspecified atom stereocenters. The number of piperazine rings is 1. The Morgan fingerprint density at radius 3 is 2.87 bits per heavy atom. The third-order valence-corrected chi connectivity index (χ3v) is 3.30. The van der Waals surface area contributed by atoms with Crippen molar-refractivity contribution in [1.82, 2.24) is 10.2 Å². The molecule has 1 amide bonds. The summed E-state index contributed by atoms with van der Waals surface area (Å²) in [4.78, 5) is 13.6. The zero-order valence-electron chi connectivity index (χ0n) is 8.52. The lowest BCUT2D eigenvalue weighted by atomic mass is 10.0. The van der Waals surface area contributed by atoms with Crippen LogP contribution in [0.25, 0.3) is 0 Å². The highest BCUT2D eigenvalue weighted by atomic mass is 16.2. The molecule has 78 valence electrons. The Balaban J connectivity index is 1.87. The van der Waals surface area contributed by atoms with E-state index in [0.717, 1.165) is 13.0 Å². The Kier molecular flexibility index (Phi) is 1.99. The van der Waals surface area contributed by atoms with Crippen molar-refractivity contribution < 1.29 is 4.79 Å². The minimum absolute atomic E-state index is 0.171. The highest BCUT2D eigenvalue weighted by molar-refractivity contribution is 5.79. The van der Waals surface area contributed by atoms with E-state index in [1.807, 2.05) is 6.07 Å². The maximum atomic E-state index is 11.3. The summed E-state index contributed by atoms with van der Waals surface area (Å²) in [6.45, 7) is 1.56. The molecule has 2 aliphatic rings. The van der Waals surface area contributed by atoms with E-state index in [1.54, 1.807) is 0 Å². The normalized spacial score (nSPS) is 33.9. The zero-order valence-corrected chi connectivity index (χ0v) is 8.52.